The van der Waals surface area contributed by atoms with Gasteiger partial charge in [0.25, 0.3) is 0 Å². The van der Waals surface area contributed by atoms with Gasteiger partial charge in [-0.2, -0.15) is 0 Å². The van der Waals surface area contributed by atoms with Gasteiger partial charge in [0.2, 0.25) is 0 Å². The fourth-order valence-corrected chi connectivity index (χ4v) is 3.48. The third-order valence-electron chi connectivity index (χ3n) is 4.56. The molecular formula is C19H20ClNO3. The van der Waals surface area contributed by atoms with Gasteiger partial charge in [-0.15, -0.1) is 0 Å². The maximum absolute atomic E-state index is 11.5. The van der Waals surface area contributed by atoms with Crippen molar-refractivity contribution in [3.8, 4) is 0 Å². The monoisotopic (exact) mass is 345 g/mol. The summed E-state index contributed by atoms with van der Waals surface area (Å²) >= 11 is 6.00. The summed E-state index contributed by atoms with van der Waals surface area (Å²) in [6, 6.07) is 17.4. The second-order valence-electron chi connectivity index (χ2n) is 6.28. The number of hydrogen-bond donors (Lipinski definition) is 2. The van der Waals surface area contributed by atoms with E-state index in [-0.39, 0.29) is 19.0 Å². The molecule has 3 rings (SSSR count). The highest BCUT2D eigenvalue weighted by molar-refractivity contribution is 6.30. The van der Waals surface area contributed by atoms with Crippen LogP contribution in [0.1, 0.15) is 30.0 Å². The average Bonchev–Trinajstić information content (AvgIpc) is 2.58. The Bertz CT molecular complexity index is 704. The third kappa shape index (κ3) is 3.46. The number of carboxylic acids is 1. The first-order chi connectivity index (χ1) is 11.5. The van der Waals surface area contributed by atoms with E-state index in [1.807, 2.05) is 59.5 Å². The van der Waals surface area contributed by atoms with Crippen molar-refractivity contribution < 1.29 is 15.0 Å². The molecule has 5 heteroatoms. The van der Waals surface area contributed by atoms with Crippen LogP contribution in [0.4, 0.5) is 0 Å². The first-order valence-electron chi connectivity index (χ1n) is 8.00. The van der Waals surface area contributed by atoms with E-state index < -0.39 is 11.6 Å². The molecule has 1 fully saturated rings. The maximum Gasteiger partial charge on any atom is 0.337 e. The van der Waals surface area contributed by atoms with Gasteiger partial charge in [0.1, 0.15) is 0 Å². The van der Waals surface area contributed by atoms with Gasteiger partial charge in [0, 0.05) is 11.6 Å². The van der Waals surface area contributed by atoms with Crippen LogP contribution < -0.4 is 0 Å². The van der Waals surface area contributed by atoms with E-state index in [1.165, 1.54) is 0 Å². The molecule has 1 saturated heterocycles. The van der Waals surface area contributed by atoms with Crippen LogP contribution >= 0.6 is 11.6 Å². The van der Waals surface area contributed by atoms with Crippen LogP contribution in [0.15, 0.2) is 54.6 Å². The number of halogens is 1. The number of hydrogen-bond acceptors (Lipinski definition) is 3. The Balaban J connectivity index is 1.98. The summed E-state index contributed by atoms with van der Waals surface area (Å²) in [5.74, 6) is -1.16. The third-order valence-corrected chi connectivity index (χ3v) is 4.82. The number of benzene rings is 2. The molecular weight excluding hydrogens is 326 g/mol. The van der Waals surface area contributed by atoms with Crippen LogP contribution in [0.2, 0.25) is 5.02 Å². The van der Waals surface area contributed by atoms with Crippen LogP contribution in [-0.4, -0.2) is 39.8 Å². The van der Waals surface area contributed by atoms with E-state index in [4.69, 9.17) is 11.6 Å². The molecule has 0 aromatic heterocycles. The van der Waals surface area contributed by atoms with Crippen LogP contribution in [0.25, 0.3) is 0 Å². The van der Waals surface area contributed by atoms with Crippen molar-refractivity contribution in [2.24, 2.45) is 0 Å². The predicted molar refractivity (Wildman–Crippen MR) is 93.1 cm³/mol. The zero-order valence-electron chi connectivity index (χ0n) is 13.2. The number of carbonyl (C=O) groups is 1. The Morgan fingerprint density at radius 1 is 1.08 bits per heavy atom. The number of likely N-dealkylation sites (tertiary alicyclic amines) is 1. The highest BCUT2D eigenvalue weighted by atomic mass is 35.5. The minimum absolute atomic E-state index is 0.102. The maximum atomic E-state index is 11.5. The molecule has 24 heavy (non-hydrogen) atoms. The van der Waals surface area contributed by atoms with Crippen LogP contribution in [-0.2, 0) is 4.79 Å². The molecule has 2 N–H and O–H groups in total. The molecule has 1 aliphatic heterocycles. The van der Waals surface area contributed by atoms with Crippen LogP contribution in [0, 0.1) is 0 Å². The van der Waals surface area contributed by atoms with Crippen LogP contribution in [0.5, 0.6) is 0 Å². The molecule has 2 atom stereocenters. The van der Waals surface area contributed by atoms with Gasteiger partial charge >= 0.3 is 5.97 Å². The molecule has 2 unspecified atom stereocenters. The van der Waals surface area contributed by atoms with Gasteiger partial charge in [-0.3, -0.25) is 4.90 Å². The van der Waals surface area contributed by atoms with Gasteiger partial charge in [-0.1, -0.05) is 54.1 Å². The smallest absolute Gasteiger partial charge is 0.337 e. The highest BCUT2D eigenvalue weighted by Gasteiger charge is 2.42. The Morgan fingerprint density at radius 2 is 1.71 bits per heavy atom. The van der Waals surface area contributed by atoms with E-state index in [0.29, 0.717) is 11.4 Å². The van der Waals surface area contributed by atoms with Gasteiger partial charge in [-0.25, -0.2) is 4.79 Å². The summed E-state index contributed by atoms with van der Waals surface area (Å²) in [5.41, 5.74) is 0.396. The summed E-state index contributed by atoms with van der Waals surface area (Å²) in [6.07, 6.45) is 0.917. The predicted octanol–water partition coefficient (Wildman–Crippen LogP) is 3.34. The first-order valence-corrected chi connectivity index (χ1v) is 8.38. The summed E-state index contributed by atoms with van der Waals surface area (Å²) in [5, 5.41) is 20.5. The fourth-order valence-electron chi connectivity index (χ4n) is 3.36. The standard InChI is InChI=1S/C19H20ClNO3/c20-16-9-7-15(8-10-16)17(14-5-2-1-3-6-14)21-12-4-11-19(24,13-21)18(22)23/h1-3,5-10,17,24H,4,11-13H2,(H,22,23). The van der Waals surface area contributed by atoms with Crippen LogP contribution in [0.3, 0.4) is 0 Å². The molecule has 0 spiro atoms. The van der Waals surface area contributed by atoms with Crippen molar-refractivity contribution in [1.29, 1.82) is 0 Å². The zero-order valence-corrected chi connectivity index (χ0v) is 14.0. The Kier molecular flexibility index (Phi) is 4.90. The van der Waals surface area contributed by atoms with Crippen molar-refractivity contribution in [3.05, 3.63) is 70.7 Å². The van der Waals surface area contributed by atoms with Crippen molar-refractivity contribution >= 4 is 17.6 Å². The lowest BCUT2D eigenvalue weighted by molar-refractivity contribution is -0.165. The topological polar surface area (TPSA) is 60.8 Å². The molecule has 2 aromatic rings. The van der Waals surface area contributed by atoms with E-state index in [0.717, 1.165) is 17.7 Å². The van der Waals surface area contributed by atoms with E-state index in [9.17, 15) is 15.0 Å². The minimum Gasteiger partial charge on any atom is -0.479 e. The molecule has 126 valence electrons. The Labute approximate surface area is 146 Å². The summed E-state index contributed by atoms with van der Waals surface area (Å²) < 4.78 is 0. The number of aliphatic carboxylic acids is 1. The Hall–Kier alpha value is -1.88. The second-order valence-corrected chi connectivity index (χ2v) is 6.71. The molecule has 0 radical (unpaired) electrons. The van der Waals surface area contributed by atoms with Crippen molar-refractivity contribution in [1.82, 2.24) is 4.90 Å². The molecule has 1 heterocycles. The number of nitrogens with zero attached hydrogens (tertiary/aromatic N) is 1. The molecule has 4 nitrogen and oxygen atoms in total. The van der Waals surface area contributed by atoms with Crippen molar-refractivity contribution in [3.63, 3.8) is 0 Å². The van der Waals surface area contributed by atoms with E-state index in [1.54, 1.807) is 0 Å². The van der Waals surface area contributed by atoms with Gasteiger partial charge in [-0.05, 0) is 42.6 Å². The molecule has 1 aliphatic rings. The zero-order chi connectivity index (χ0) is 17.2. The van der Waals surface area contributed by atoms with Crippen molar-refractivity contribution in [2.75, 3.05) is 13.1 Å². The quantitative estimate of drug-likeness (QED) is 0.892. The SMILES string of the molecule is O=C(O)C1(O)CCCN(C(c2ccccc2)c2ccc(Cl)cc2)C1. The van der Waals surface area contributed by atoms with E-state index >= 15 is 0 Å². The lowest BCUT2D eigenvalue weighted by Gasteiger charge is -2.41. The lowest BCUT2D eigenvalue weighted by Crippen LogP contribution is -2.54. The van der Waals surface area contributed by atoms with Crippen molar-refractivity contribution in [2.45, 2.75) is 24.5 Å². The normalized spacial score (nSPS) is 22.9. The number of aliphatic hydroxyl groups is 1. The van der Waals surface area contributed by atoms with Gasteiger partial charge < -0.3 is 10.2 Å². The largest absolute Gasteiger partial charge is 0.479 e. The summed E-state index contributed by atoms with van der Waals surface area (Å²) in [7, 11) is 0. The summed E-state index contributed by atoms with van der Waals surface area (Å²) in [6.45, 7) is 0.836. The number of β-amino-alcohol motifs (C(OH)–C–C–N with tert-alkyl or cyclic N) is 1. The summed E-state index contributed by atoms with van der Waals surface area (Å²) in [4.78, 5) is 13.5. The molecule has 0 aliphatic carbocycles. The van der Waals surface area contributed by atoms with Gasteiger partial charge in [0.05, 0.1) is 6.04 Å². The minimum atomic E-state index is -1.70. The van der Waals surface area contributed by atoms with E-state index in [2.05, 4.69) is 0 Å². The number of piperidine rings is 1. The fraction of sp³-hybridized carbons (Fsp3) is 0.316. The highest BCUT2D eigenvalue weighted by Crippen LogP contribution is 2.34. The lowest BCUT2D eigenvalue weighted by atomic mass is 9.89. The molecule has 0 saturated carbocycles. The second kappa shape index (κ2) is 6.93. The first kappa shape index (κ1) is 17.0. The molecule has 0 amide bonds. The molecule has 2 aromatic carbocycles. The number of rotatable bonds is 4. The Morgan fingerprint density at radius 3 is 2.33 bits per heavy atom. The average molecular weight is 346 g/mol. The number of carboxylic acid groups (broad SMARTS) is 1. The molecule has 0 bridgehead atoms. The van der Waals surface area contributed by atoms with Gasteiger partial charge in [0.15, 0.2) is 5.60 Å².